The van der Waals surface area contributed by atoms with Crippen LogP contribution in [0.5, 0.6) is 5.75 Å². The molecule has 3 heteroatoms. The predicted molar refractivity (Wildman–Crippen MR) is 76.5 cm³/mol. The van der Waals surface area contributed by atoms with Crippen molar-refractivity contribution in [2.24, 2.45) is 0 Å². The summed E-state index contributed by atoms with van der Waals surface area (Å²) in [6, 6.07) is 9.41. The molecular weight excluding hydrogens is 224 g/mol. The molecule has 0 bridgehead atoms. The van der Waals surface area contributed by atoms with Crippen LogP contribution in [0.2, 0.25) is 0 Å². The standard InChI is InChI=1S/C15H24N2O/c1-4-7-13-11-17(12(2)10-16-13)14-8-5-6-9-15(14)18-3/h5-6,8-9,12-13,16H,4,7,10-11H2,1-3H3. The summed E-state index contributed by atoms with van der Waals surface area (Å²) in [4.78, 5) is 2.47. The van der Waals surface area contributed by atoms with Crippen molar-refractivity contribution in [3.8, 4) is 5.75 Å². The number of hydrogen-bond acceptors (Lipinski definition) is 3. The quantitative estimate of drug-likeness (QED) is 0.886. The molecule has 18 heavy (non-hydrogen) atoms. The fourth-order valence-electron chi connectivity index (χ4n) is 2.67. The molecule has 1 N–H and O–H groups in total. The van der Waals surface area contributed by atoms with Crippen molar-refractivity contribution in [1.29, 1.82) is 0 Å². The lowest BCUT2D eigenvalue weighted by atomic mass is 10.0. The third-order valence-corrected chi connectivity index (χ3v) is 3.68. The summed E-state index contributed by atoms with van der Waals surface area (Å²) in [6.07, 6.45) is 2.46. The zero-order chi connectivity index (χ0) is 13.0. The van der Waals surface area contributed by atoms with Gasteiger partial charge in [0, 0.05) is 25.2 Å². The van der Waals surface area contributed by atoms with E-state index in [1.165, 1.54) is 18.5 Å². The van der Waals surface area contributed by atoms with Gasteiger partial charge in [0.25, 0.3) is 0 Å². The highest BCUT2D eigenvalue weighted by Crippen LogP contribution is 2.30. The van der Waals surface area contributed by atoms with Gasteiger partial charge in [0.2, 0.25) is 0 Å². The highest BCUT2D eigenvalue weighted by atomic mass is 16.5. The molecule has 3 nitrogen and oxygen atoms in total. The summed E-state index contributed by atoms with van der Waals surface area (Å²) in [5.74, 6) is 0.974. The first-order valence-electron chi connectivity index (χ1n) is 6.89. The molecule has 2 atom stereocenters. The van der Waals surface area contributed by atoms with E-state index in [1.54, 1.807) is 7.11 Å². The number of ether oxygens (including phenoxy) is 1. The van der Waals surface area contributed by atoms with Gasteiger partial charge < -0.3 is 15.0 Å². The van der Waals surface area contributed by atoms with E-state index in [4.69, 9.17) is 4.74 Å². The number of benzene rings is 1. The Kier molecular flexibility index (Phi) is 4.48. The summed E-state index contributed by atoms with van der Waals surface area (Å²) in [6.45, 7) is 6.62. The van der Waals surface area contributed by atoms with Crippen molar-refractivity contribution < 1.29 is 4.74 Å². The molecule has 0 radical (unpaired) electrons. The average Bonchev–Trinajstić information content (AvgIpc) is 2.41. The number of nitrogens with one attached hydrogen (secondary N) is 1. The van der Waals surface area contributed by atoms with Gasteiger partial charge in [-0.3, -0.25) is 0 Å². The average molecular weight is 248 g/mol. The van der Waals surface area contributed by atoms with Gasteiger partial charge in [0.1, 0.15) is 5.75 Å². The van der Waals surface area contributed by atoms with Crippen molar-refractivity contribution in [1.82, 2.24) is 5.32 Å². The number of methoxy groups -OCH3 is 1. The second kappa shape index (κ2) is 6.10. The first kappa shape index (κ1) is 13.2. The van der Waals surface area contributed by atoms with Gasteiger partial charge >= 0.3 is 0 Å². The van der Waals surface area contributed by atoms with E-state index in [1.807, 2.05) is 12.1 Å². The fraction of sp³-hybridized carbons (Fsp3) is 0.600. The maximum Gasteiger partial charge on any atom is 0.142 e. The first-order valence-corrected chi connectivity index (χ1v) is 6.89. The van der Waals surface area contributed by atoms with E-state index < -0.39 is 0 Å². The number of hydrogen-bond donors (Lipinski definition) is 1. The minimum absolute atomic E-state index is 0.509. The second-order valence-corrected chi connectivity index (χ2v) is 5.07. The fourth-order valence-corrected chi connectivity index (χ4v) is 2.67. The molecule has 0 amide bonds. The third kappa shape index (κ3) is 2.78. The Morgan fingerprint density at radius 1 is 1.39 bits per heavy atom. The lowest BCUT2D eigenvalue weighted by molar-refractivity contribution is 0.375. The maximum atomic E-state index is 5.48. The van der Waals surface area contributed by atoms with Gasteiger partial charge in [0.05, 0.1) is 12.8 Å². The Morgan fingerprint density at radius 3 is 2.89 bits per heavy atom. The number of rotatable bonds is 4. The molecule has 1 heterocycles. The first-order chi connectivity index (χ1) is 8.76. The topological polar surface area (TPSA) is 24.5 Å². The van der Waals surface area contributed by atoms with Gasteiger partial charge in [-0.1, -0.05) is 25.5 Å². The molecule has 0 saturated carbocycles. The van der Waals surface area contributed by atoms with Crippen LogP contribution in [0, 0.1) is 0 Å². The summed E-state index contributed by atoms with van der Waals surface area (Å²) in [5, 5.41) is 3.62. The van der Waals surface area contributed by atoms with Gasteiger partial charge in [0.15, 0.2) is 0 Å². The van der Waals surface area contributed by atoms with E-state index >= 15 is 0 Å². The molecule has 0 aliphatic carbocycles. The number of anilines is 1. The van der Waals surface area contributed by atoms with Crippen molar-refractivity contribution in [3.05, 3.63) is 24.3 Å². The number of para-hydroxylation sites is 2. The Hall–Kier alpha value is -1.22. The Morgan fingerprint density at radius 2 is 2.17 bits per heavy atom. The zero-order valence-electron chi connectivity index (χ0n) is 11.6. The van der Waals surface area contributed by atoms with Gasteiger partial charge in [-0.25, -0.2) is 0 Å². The van der Waals surface area contributed by atoms with Gasteiger partial charge in [-0.15, -0.1) is 0 Å². The summed E-state index contributed by atoms with van der Waals surface area (Å²) in [5.41, 5.74) is 1.22. The lowest BCUT2D eigenvalue weighted by Gasteiger charge is -2.41. The van der Waals surface area contributed by atoms with E-state index in [0.717, 1.165) is 18.8 Å². The Labute approximate surface area is 110 Å². The van der Waals surface area contributed by atoms with Crippen LogP contribution in [0.4, 0.5) is 5.69 Å². The Balaban J connectivity index is 2.18. The maximum absolute atomic E-state index is 5.48. The molecule has 1 aromatic carbocycles. The highest BCUT2D eigenvalue weighted by Gasteiger charge is 2.26. The minimum Gasteiger partial charge on any atom is -0.495 e. The molecule has 2 rings (SSSR count). The van der Waals surface area contributed by atoms with Crippen molar-refractivity contribution in [3.63, 3.8) is 0 Å². The van der Waals surface area contributed by atoms with E-state index in [9.17, 15) is 0 Å². The molecular formula is C15H24N2O. The van der Waals surface area contributed by atoms with Crippen LogP contribution >= 0.6 is 0 Å². The predicted octanol–water partition coefficient (Wildman–Crippen LogP) is 2.66. The third-order valence-electron chi connectivity index (χ3n) is 3.68. The molecule has 1 saturated heterocycles. The second-order valence-electron chi connectivity index (χ2n) is 5.07. The molecule has 0 aromatic heterocycles. The van der Waals surface area contributed by atoms with Crippen LogP contribution in [0.15, 0.2) is 24.3 Å². The largest absolute Gasteiger partial charge is 0.495 e. The summed E-state index contributed by atoms with van der Waals surface area (Å²) >= 11 is 0. The van der Waals surface area contributed by atoms with Crippen LogP contribution in [0.1, 0.15) is 26.7 Å². The van der Waals surface area contributed by atoms with E-state index in [0.29, 0.717) is 12.1 Å². The monoisotopic (exact) mass is 248 g/mol. The van der Waals surface area contributed by atoms with Gasteiger partial charge in [-0.05, 0) is 25.5 Å². The number of nitrogens with zero attached hydrogens (tertiary/aromatic N) is 1. The van der Waals surface area contributed by atoms with Gasteiger partial charge in [-0.2, -0.15) is 0 Å². The normalized spacial score (nSPS) is 24.1. The summed E-state index contributed by atoms with van der Waals surface area (Å²) in [7, 11) is 1.75. The Bertz CT molecular complexity index is 381. The van der Waals surface area contributed by atoms with Crippen LogP contribution in [-0.4, -0.2) is 32.3 Å². The van der Waals surface area contributed by atoms with E-state index in [2.05, 4.69) is 36.2 Å². The molecule has 1 fully saturated rings. The van der Waals surface area contributed by atoms with Crippen molar-refractivity contribution in [2.45, 2.75) is 38.8 Å². The van der Waals surface area contributed by atoms with Crippen molar-refractivity contribution >= 4 is 5.69 Å². The summed E-state index contributed by atoms with van der Waals surface area (Å²) < 4.78 is 5.48. The molecule has 0 spiro atoms. The molecule has 100 valence electrons. The van der Waals surface area contributed by atoms with Crippen molar-refractivity contribution in [2.75, 3.05) is 25.1 Å². The minimum atomic E-state index is 0.509. The molecule has 1 aliphatic heterocycles. The smallest absolute Gasteiger partial charge is 0.142 e. The number of piperazine rings is 1. The molecule has 2 unspecified atom stereocenters. The van der Waals surface area contributed by atoms with Crippen LogP contribution in [-0.2, 0) is 0 Å². The lowest BCUT2D eigenvalue weighted by Crippen LogP contribution is -2.55. The SMILES string of the molecule is CCCC1CN(c2ccccc2OC)C(C)CN1. The molecule has 1 aliphatic rings. The zero-order valence-corrected chi connectivity index (χ0v) is 11.6. The highest BCUT2D eigenvalue weighted by molar-refractivity contribution is 5.59. The van der Waals surface area contributed by atoms with E-state index in [-0.39, 0.29) is 0 Å². The molecule has 1 aromatic rings. The van der Waals surface area contributed by atoms with Crippen LogP contribution in [0.25, 0.3) is 0 Å². The van der Waals surface area contributed by atoms with Crippen LogP contribution in [0.3, 0.4) is 0 Å². The van der Waals surface area contributed by atoms with Crippen LogP contribution < -0.4 is 15.0 Å².